The lowest BCUT2D eigenvalue weighted by molar-refractivity contribution is 0.399. The molecule has 0 aromatic rings. The lowest BCUT2D eigenvalue weighted by Crippen LogP contribution is -2.33. The molecule has 1 heterocycles. The number of rotatable bonds is 5. The number of halogens is 1. The van der Waals surface area contributed by atoms with E-state index in [1.54, 1.807) is 0 Å². The van der Waals surface area contributed by atoms with Crippen LogP contribution in [0.1, 0.15) is 19.3 Å². The first-order chi connectivity index (χ1) is 7.65. The van der Waals surface area contributed by atoms with Gasteiger partial charge in [-0.15, -0.1) is 10.2 Å². The first-order valence-corrected chi connectivity index (χ1v) is 6.69. The molecular formula is C11H17IN4. The Morgan fingerprint density at radius 2 is 1.94 bits per heavy atom. The van der Waals surface area contributed by atoms with Crippen LogP contribution >= 0.6 is 22.6 Å². The standard InChI is InChI=1S/C11H17IN4/c1-8(12)14-15-9(2)16-6-5-11(7-16)13-10-3-4-10/h10-11,13H,1-7H2/b15-14-. The predicted octanol–water partition coefficient (Wildman–Crippen LogP) is 2.64. The molecule has 0 aromatic carbocycles. The van der Waals surface area contributed by atoms with Crippen molar-refractivity contribution >= 4 is 22.6 Å². The van der Waals surface area contributed by atoms with E-state index in [1.165, 1.54) is 19.3 Å². The summed E-state index contributed by atoms with van der Waals surface area (Å²) in [6.07, 6.45) is 3.86. The van der Waals surface area contributed by atoms with Crippen molar-refractivity contribution in [2.24, 2.45) is 10.2 Å². The third kappa shape index (κ3) is 3.55. The third-order valence-electron chi connectivity index (χ3n) is 2.88. The zero-order chi connectivity index (χ0) is 11.5. The molecule has 1 aliphatic heterocycles. The molecule has 2 fully saturated rings. The Hall–Kier alpha value is -0.430. The maximum atomic E-state index is 4.06. The monoisotopic (exact) mass is 332 g/mol. The Morgan fingerprint density at radius 3 is 2.56 bits per heavy atom. The van der Waals surface area contributed by atoms with Crippen LogP contribution in [0.25, 0.3) is 0 Å². The van der Waals surface area contributed by atoms with Gasteiger partial charge in [-0.05, 0) is 41.9 Å². The van der Waals surface area contributed by atoms with E-state index in [0.29, 0.717) is 9.75 Å². The molecule has 2 aliphatic rings. The van der Waals surface area contributed by atoms with E-state index in [-0.39, 0.29) is 0 Å². The van der Waals surface area contributed by atoms with Crippen molar-refractivity contribution in [2.45, 2.75) is 31.3 Å². The summed E-state index contributed by atoms with van der Waals surface area (Å²) in [6.45, 7) is 9.63. The molecule has 4 nitrogen and oxygen atoms in total. The number of likely N-dealkylation sites (tertiary alicyclic amines) is 1. The quantitative estimate of drug-likeness (QED) is 0.478. The van der Waals surface area contributed by atoms with Crippen LogP contribution in [-0.4, -0.2) is 30.1 Å². The van der Waals surface area contributed by atoms with Gasteiger partial charge in [0.25, 0.3) is 0 Å². The van der Waals surface area contributed by atoms with Crippen LogP contribution in [0.2, 0.25) is 0 Å². The van der Waals surface area contributed by atoms with Crippen molar-refractivity contribution in [3.63, 3.8) is 0 Å². The first kappa shape index (κ1) is 12.0. The van der Waals surface area contributed by atoms with E-state index in [9.17, 15) is 0 Å². The molecule has 0 spiro atoms. The van der Waals surface area contributed by atoms with Gasteiger partial charge in [-0.25, -0.2) is 0 Å². The van der Waals surface area contributed by atoms with E-state index in [1.807, 2.05) is 22.6 Å². The second-order valence-corrected chi connectivity index (χ2v) is 5.61. The largest absolute Gasteiger partial charge is 0.354 e. The minimum absolute atomic E-state index is 0.599. The molecule has 1 aliphatic carbocycles. The maximum Gasteiger partial charge on any atom is 0.143 e. The fraction of sp³-hybridized carbons (Fsp3) is 0.636. The SMILES string of the molecule is C=C(I)/N=N\C(=C)N1CCC(NC2CC2)C1. The third-order valence-corrected chi connectivity index (χ3v) is 3.09. The van der Waals surface area contributed by atoms with Gasteiger partial charge in [0, 0.05) is 25.2 Å². The zero-order valence-corrected chi connectivity index (χ0v) is 11.5. The molecule has 0 amide bonds. The van der Waals surface area contributed by atoms with Gasteiger partial charge < -0.3 is 10.2 Å². The van der Waals surface area contributed by atoms with E-state index < -0.39 is 0 Å². The summed E-state index contributed by atoms with van der Waals surface area (Å²) in [7, 11) is 0. The van der Waals surface area contributed by atoms with E-state index in [4.69, 9.17) is 0 Å². The second-order valence-electron chi connectivity index (χ2n) is 4.37. The number of azo groups is 1. The van der Waals surface area contributed by atoms with Crippen LogP contribution in [0.3, 0.4) is 0 Å². The van der Waals surface area contributed by atoms with Crippen molar-refractivity contribution in [2.75, 3.05) is 13.1 Å². The van der Waals surface area contributed by atoms with Crippen molar-refractivity contribution in [3.8, 4) is 0 Å². The van der Waals surface area contributed by atoms with Gasteiger partial charge >= 0.3 is 0 Å². The Labute approximate surface area is 110 Å². The summed E-state index contributed by atoms with van der Waals surface area (Å²) >= 11 is 2.04. The molecule has 1 atom stereocenters. The summed E-state index contributed by atoms with van der Waals surface area (Å²) in [6, 6.07) is 1.37. The number of hydrogen-bond acceptors (Lipinski definition) is 4. The van der Waals surface area contributed by atoms with Crippen LogP contribution in [0, 0.1) is 0 Å². The lowest BCUT2D eigenvalue weighted by atomic mass is 10.2. The highest BCUT2D eigenvalue weighted by molar-refractivity contribution is 14.1. The van der Waals surface area contributed by atoms with Crippen LogP contribution < -0.4 is 5.32 Å². The Balaban J connectivity index is 1.78. The molecule has 1 saturated carbocycles. The fourth-order valence-corrected chi connectivity index (χ4v) is 2.00. The van der Waals surface area contributed by atoms with Gasteiger partial charge in [0.05, 0.1) is 0 Å². The molecule has 1 saturated heterocycles. The van der Waals surface area contributed by atoms with Gasteiger partial charge in [0.15, 0.2) is 0 Å². The minimum atomic E-state index is 0.599. The van der Waals surface area contributed by atoms with Crippen molar-refractivity contribution < 1.29 is 0 Å². The Morgan fingerprint density at radius 1 is 1.19 bits per heavy atom. The molecule has 88 valence electrons. The average Bonchev–Trinajstić information content (AvgIpc) is 2.91. The molecule has 0 bridgehead atoms. The lowest BCUT2D eigenvalue weighted by Gasteiger charge is -2.17. The Bertz CT molecular complexity index is 322. The van der Waals surface area contributed by atoms with Crippen LogP contribution in [0.5, 0.6) is 0 Å². The van der Waals surface area contributed by atoms with E-state index >= 15 is 0 Å². The van der Waals surface area contributed by atoms with Gasteiger partial charge in [-0.2, -0.15) is 0 Å². The molecule has 0 aromatic heterocycles. The zero-order valence-electron chi connectivity index (χ0n) is 9.32. The molecular weight excluding hydrogens is 315 g/mol. The summed E-state index contributed by atoms with van der Waals surface area (Å²) in [5.74, 6) is 0.748. The topological polar surface area (TPSA) is 40.0 Å². The smallest absolute Gasteiger partial charge is 0.143 e. The number of hydrogen-bond donors (Lipinski definition) is 1. The van der Waals surface area contributed by atoms with Gasteiger partial charge in [0.1, 0.15) is 9.52 Å². The van der Waals surface area contributed by atoms with Crippen LogP contribution in [0.15, 0.2) is 32.9 Å². The van der Waals surface area contributed by atoms with E-state index in [2.05, 4.69) is 33.6 Å². The predicted molar refractivity (Wildman–Crippen MR) is 73.3 cm³/mol. The van der Waals surface area contributed by atoms with Gasteiger partial charge in [0.2, 0.25) is 0 Å². The number of nitrogens with zero attached hydrogens (tertiary/aromatic N) is 3. The molecule has 1 unspecified atom stereocenters. The summed E-state index contributed by atoms with van der Waals surface area (Å²) in [4.78, 5) is 2.18. The van der Waals surface area contributed by atoms with Crippen molar-refractivity contribution in [1.29, 1.82) is 0 Å². The fourth-order valence-electron chi connectivity index (χ4n) is 1.89. The molecule has 16 heavy (non-hydrogen) atoms. The molecule has 5 heteroatoms. The second kappa shape index (κ2) is 5.27. The summed E-state index contributed by atoms with van der Waals surface area (Å²) in [5, 5.41) is 11.6. The summed E-state index contributed by atoms with van der Waals surface area (Å²) < 4.78 is 0.686. The Kier molecular flexibility index (Phi) is 3.96. The minimum Gasteiger partial charge on any atom is -0.354 e. The first-order valence-electron chi connectivity index (χ1n) is 5.61. The normalized spacial score (nSPS) is 25.3. The van der Waals surface area contributed by atoms with Gasteiger partial charge in [-0.1, -0.05) is 13.2 Å². The van der Waals surface area contributed by atoms with E-state index in [0.717, 1.165) is 25.0 Å². The number of nitrogens with one attached hydrogen (secondary N) is 1. The molecule has 1 N–H and O–H groups in total. The van der Waals surface area contributed by atoms with Gasteiger partial charge in [-0.3, -0.25) is 0 Å². The van der Waals surface area contributed by atoms with Crippen LogP contribution in [-0.2, 0) is 0 Å². The highest BCUT2D eigenvalue weighted by Crippen LogP contribution is 2.23. The van der Waals surface area contributed by atoms with Crippen molar-refractivity contribution in [1.82, 2.24) is 10.2 Å². The maximum absolute atomic E-state index is 4.06. The highest BCUT2D eigenvalue weighted by Gasteiger charge is 2.29. The van der Waals surface area contributed by atoms with Crippen LogP contribution in [0.4, 0.5) is 0 Å². The highest BCUT2D eigenvalue weighted by atomic mass is 127. The summed E-state index contributed by atoms with van der Waals surface area (Å²) in [5.41, 5.74) is 0. The van der Waals surface area contributed by atoms with Crippen molar-refractivity contribution in [3.05, 3.63) is 22.7 Å². The average molecular weight is 332 g/mol. The molecule has 2 rings (SSSR count). The molecule has 0 radical (unpaired) electrons.